The molecule has 220 valence electrons. The van der Waals surface area contributed by atoms with Crippen molar-refractivity contribution in [3.8, 4) is 11.1 Å². The Balaban J connectivity index is 1.33. The number of benzene rings is 2. The minimum atomic E-state index is -0.689. The van der Waals surface area contributed by atoms with E-state index in [9.17, 15) is 14.4 Å². The van der Waals surface area contributed by atoms with Crippen molar-refractivity contribution in [2.24, 2.45) is 0 Å². The lowest BCUT2D eigenvalue weighted by molar-refractivity contribution is -0.122. The van der Waals surface area contributed by atoms with E-state index in [0.29, 0.717) is 23.4 Å². The van der Waals surface area contributed by atoms with Crippen LogP contribution in [0.5, 0.6) is 0 Å². The van der Waals surface area contributed by atoms with Crippen LogP contribution in [0, 0.1) is 0 Å². The smallest absolute Gasteiger partial charge is 0.256 e. The Morgan fingerprint density at radius 2 is 1.83 bits per heavy atom. The number of ether oxygens (including phenoxy) is 1. The van der Waals surface area contributed by atoms with Crippen LogP contribution >= 0.6 is 0 Å². The number of nitrogens with zero attached hydrogens (tertiary/aromatic N) is 4. The lowest BCUT2D eigenvalue weighted by atomic mass is 10.0. The van der Waals surface area contributed by atoms with Gasteiger partial charge >= 0.3 is 0 Å². The van der Waals surface area contributed by atoms with Crippen molar-refractivity contribution in [3.63, 3.8) is 0 Å². The van der Waals surface area contributed by atoms with Gasteiger partial charge in [0.05, 0.1) is 24.5 Å². The Labute approximate surface area is 246 Å². The van der Waals surface area contributed by atoms with Gasteiger partial charge in [0.2, 0.25) is 5.91 Å². The van der Waals surface area contributed by atoms with Crippen molar-refractivity contribution < 1.29 is 19.1 Å². The maximum Gasteiger partial charge on any atom is 0.256 e. The largest absolute Gasteiger partial charge is 0.379 e. The van der Waals surface area contributed by atoms with E-state index in [1.807, 2.05) is 43.3 Å². The van der Waals surface area contributed by atoms with E-state index in [4.69, 9.17) is 4.74 Å². The topological polar surface area (TPSA) is 107 Å². The second-order valence-corrected chi connectivity index (χ2v) is 10.6. The summed E-state index contributed by atoms with van der Waals surface area (Å²) < 4.78 is 5.38. The molecule has 3 aromatic rings. The molecule has 2 N–H and O–H groups in total. The fraction of sp³-hybridized carbons (Fsp3) is 0.375. The van der Waals surface area contributed by atoms with Crippen molar-refractivity contribution in [2.75, 3.05) is 63.2 Å². The number of hydrogen-bond donors (Lipinski definition) is 2. The molecule has 1 saturated heterocycles. The van der Waals surface area contributed by atoms with Gasteiger partial charge in [-0.1, -0.05) is 18.2 Å². The second kappa shape index (κ2) is 13.1. The molecular formula is C32H38N6O4. The Morgan fingerprint density at radius 3 is 2.62 bits per heavy atom. The van der Waals surface area contributed by atoms with Crippen LogP contribution in [0.3, 0.4) is 0 Å². The number of pyridine rings is 1. The number of rotatable bonds is 9. The van der Waals surface area contributed by atoms with Crippen LogP contribution in [0.2, 0.25) is 0 Å². The molecule has 1 atom stereocenters. The molecule has 0 radical (unpaired) electrons. The average molecular weight is 571 g/mol. The van der Waals surface area contributed by atoms with Gasteiger partial charge in [-0.2, -0.15) is 0 Å². The zero-order valence-corrected chi connectivity index (χ0v) is 24.4. The van der Waals surface area contributed by atoms with Crippen LogP contribution in [-0.2, 0) is 16.1 Å². The third-order valence-corrected chi connectivity index (χ3v) is 7.82. The Kier molecular flexibility index (Phi) is 9.14. The molecule has 10 heteroatoms. The zero-order valence-electron chi connectivity index (χ0n) is 24.4. The Hall–Kier alpha value is -4.28. The first kappa shape index (κ1) is 29.2. The Morgan fingerprint density at radius 1 is 1.05 bits per heavy atom. The van der Waals surface area contributed by atoms with E-state index in [0.717, 1.165) is 61.9 Å². The summed E-state index contributed by atoms with van der Waals surface area (Å²) in [4.78, 5) is 50.0. The highest BCUT2D eigenvalue weighted by atomic mass is 16.5. The van der Waals surface area contributed by atoms with Crippen LogP contribution in [0.1, 0.15) is 40.1 Å². The van der Waals surface area contributed by atoms with Gasteiger partial charge in [-0.25, -0.2) is 4.98 Å². The maximum absolute atomic E-state index is 13.9. The molecule has 1 aromatic heterocycles. The van der Waals surface area contributed by atoms with Gasteiger partial charge in [-0.3, -0.25) is 19.3 Å². The molecule has 2 aliphatic rings. The quantitative estimate of drug-likeness (QED) is 0.407. The number of carbonyl (C=O) groups is 3. The first-order chi connectivity index (χ1) is 20.4. The third-order valence-electron chi connectivity index (χ3n) is 7.82. The highest BCUT2D eigenvalue weighted by molar-refractivity contribution is 6.11. The van der Waals surface area contributed by atoms with Crippen molar-refractivity contribution in [1.29, 1.82) is 0 Å². The van der Waals surface area contributed by atoms with E-state index >= 15 is 0 Å². The molecule has 0 unspecified atom stereocenters. The molecule has 0 spiro atoms. The molecule has 42 heavy (non-hydrogen) atoms. The van der Waals surface area contributed by atoms with Crippen LogP contribution in [0.15, 0.2) is 60.8 Å². The van der Waals surface area contributed by atoms with Gasteiger partial charge in [0.25, 0.3) is 11.8 Å². The summed E-state index contributed by atoms with van der Waals surface area (Å²) in [7, 11) is 1.71. The van der Waals surface area contributed by atoms with Crippen molar-refractivity contribution in [2.45, 2.75) is 26.4 Å². The molecule has 2 aliphatic heterocycles. The predicted octanol–water partition coefficient (Wildman–Crippen LogP) is 3.25. The maximum atomic E-state index is 13.9. The average Bonchev–Trinajstić information content (AvgIpc) is 3.08. The molecular weight excluding hydrogens is 532 g/mol. The van der Waals surface area contributed by atoms with E-state index in [-0.39, 0.29) is 24.3 Å². The first-order valence-electron chi connectivity index (χ1n) is 14.5. The fourth-order valence-electron chi connectivity index (χ4n) is 5.39. The minimum absolute atomic E-state index is 0.164. The second-order valence-electron chi connectivity index (χ2n) is 10.6. The van der Waals surface area contributed by atoms with E-state index in [1.165, 1.54) is 0 Å². The van der Waals surface area contributed by atoms with E-state index in [1.54, 1.807) is 48.2 Å². The van der Waals surface area contributed by atoms with E-state index in [2.05, 4.69) is 20.5 Å². The molecule has 2 aromatic carbocycles. The molecule has 5 rings (SSSR count). The molecule has 10 nitrogen and oxygen atoms in total. The lowest BCUT2D eigenvalue weighted by Gasteiger charge is -2.27. The SMILES string of the molecule is CCNc1cc(-c2ccc3c(c2)N(C)C(=O)[C@@H](C)N(Cc2cccc(C(=O)NCCN4CCOCC4)c2)C3=O)ccn1. The third kappa shape index (κ3) is 6.45. The summed E-state index contributed by atoms with van der Waals surface area (Å²) in [6, 6.07) is 16.0. The fourth-order valence-corrected chi connectivity index (χ4v) is 5.39. The zero-order chi connectivity index (χ0) is 29.6. The molecule has 3 amide bonds. The number of anilines is 2. The van der Waals surface area contributed by atoms with Gasteiger partial charge in [0.15, 0.2) is 0 Å². The molecule has 0 aliphatic carbocycles. The number of likely N-dealkylation sites (N-methyl/N-ethyl adjacent to an activating group) is 1. The summed E-state index contributed by atoms with van der Waals surface area (Å²) in [6.07, 6.45) is 1.74. The summed E-state index contributed by atoms with van der Waals surface area (Å²) in [5.74, 6) is 0.185. The molecule has 0 saturated carbocycles. The molecule has 0 bridgehead atoms. The Bertz CT molecular complexity index is 1450. The van der Waals surface area contributed by atoms with Crippen molar-refractivity contribution >= 4 is 29.2 Å². The summed E-state index contributed by atoms with van der Waals surface area (Å²) >= 11 is 0. The van der Waals surface area contributed by atoms with Crippen LogP contribution in [0.4, 0.5) is 11.5 Å². The number of morpholine rings is 1. The van der Waals surface area contributed by atoms with Crippen molar-refractivity contribution in [1.82, 2.24) is 20.1 Å². The van der Waals surface area contributed by atoms with Crippen molar-refractivity contribution in [3.05, 3.63) is 77.5 Å². The van der Waals surface area contributed by atoms with Gasteiger partial charge in [0, 0.05) is 58.1 Å². The number of hydrogen-bond acceptors (Lipinski definition) is 7. The first-order valence-corrected chi connectivity index (χ1v) is 14.5. The van der Waals surface area contributed by atoms with Gasteiger partial charge in [0.1, 0.15) is 11.9 Å². The lowest BCUT2D eigenvalue weighted by Crippen LogP contribution is -2.45. The minimum Gasteiger partial charge on any atom is -0.379 e. The highest BCUT2D eigenvalue weighted by Crippen LogP contribution is 2.33. The monoisotopic (exact) mass is 570 g/mol. The molecule has 1 fully saturated rings. The van der Waals surface area contributed by atoms with Gasteiger partial charge < -0.3 is 25.2 Å². The normalized spacial score (nSPS) is 17.5. The summed E-state index contributed by atoms with van der Waals surface area (Å²) in [5.41, 5.74) is 4.14. The van der Waals surface area contributed by atoms with Crippen LogP contribution in [-0.4, -0.2) is 91.5 Å². The summed E-state index contributed by atoms with van der Waals surface area (Å²) in [5, 5.41) is 6.20. The summed E-state index contributed by atoms with van der Waals surface area (Å²) in [6.45, 7) is 9.19. The highest BCUT2D eigenvalue weighted by Gasteiger charge is 2.35. The van der Waals surface area contributed by atoms with Crippen LogP contribution < -0.4 is 15.5 Å². The van der Waals surface area contributed by atoms with Gasteiger partial charge in [-0.05, 0) is 66.9 Å². The molecule has 3 heterocycles. The number of amides is 3. The number of nitrogens with one attached hydrogen (secondary N) is 2. The van der Waals surface area contributed by atoms with Crippen LogP contribution in [0.25, 0.3) is 11.1 Å². The number of aromatic nitrogens is 1. The van der Waals surface area contributed by atoms with Gasteiger partial charge in [-0.15, -0.1) is 0 Å². The van der Waals surface area contributed by atoms with E-state index < -0.39 is 6.04 Å². The standard InChI is InChI=1S/C32H38N6O4/c1-4-33-29-20-25(10-11-34-29)24-8-9-27-28(19-24)36(3)31(40)22(2)38(32(27)41)21-23-6-5-7-26(18-23)30(39)35-12-13-37-14-16-42-17-15-37/h5-11,18-20,22H,4,12-17,21H2,1-3H3,(H,33,34)(H,35,39)/t22-/m1/s1. The number of carbonyl (C=O) groups excluding carboxylic acids is 3. The predicted molar refractivity (Wildman–Crippen MR) is 163 cm³/mol. The number of fused-ring (bicyclic) bond motifs is 1.